The molecule has 0 unspecified atom stereocenters. The summed E-state index contributed by atoms with van der Waals surface area (Å²) >= 11 is 0. The minimum absolute atomic E-state index is 0.0307. The Bertz CT molecular complexity index is 871. The normalized spacial score (nSPS) is 12.0. The molecule has 0 spiro atoms. The molecule has 11 heteroatoms. The molecule has 2 aromatic rings. The Morgan fingerprint density at radius 1 is 1.00 bits per heavy atom. The van der Waals surface area contributed by atoms with E-state index in [0.29, 0.717) is 24.0 Å². The summed E-state index contributed by atoms with van der Waals surface area (Å²) < 4.78 is 64.2. The Labute approximate surface area is 155 Å². The molecule has 2 rings (SSSR count). The molecule has 3 N–H and O–H groups in total. The molecular weight excluding hydrogens is 383 g/mol. The summed E-state index contributed by atoms with van der Waals surface area (Å²) in [7, 11) is -3.90. The first-order chi connectivity index (χ1) is 12.6. The number of hydrogen-bond acceptors (Lipinski definition) is 6. The van der Waals surface area contributed by atoms with Crippen molar-refractivity contribution in [3.63, 3.8) is 0 Å². The lowest BCUT2D eigenvalue weighted by atomic mass is 10.2. The highest BCUT2D eigenvalue weighted by Gasteiger charge is 2.30. The molecule has 0 fully saturated rings. The molecule has 1 aromatic heterocycles. The van der Waals surface area contributed by atoms with Gasteiger partial charge in [0.15, 0.2) is 0 Å². The Morgan fingerprint density at radius 2 is 1.59 bits per heavy atom. The van der Waals surface area contributed by atoms with E-state index in [1.807, 2.05) is 6.92 Å². The predicted molar refractivity (Wildman–Crippen MR) is 96.1 cm³/mol. The van der Waals surface area contributed by atoms with Gasteiger partial charge in [-0.2, -0.15) is 13.2 Å². The standard InChI is InChI=1S/C16H20F3N5O2S/c1-3-20-14-10-15(24-11(2)23-14)21-8-9-22-27(25,26)13-6-4-12(5-7-13)16(17,18)19/h4-7,10,22H,3,8-9H2,1-2H3,(H2,20,21,23,24). The van der Waals surface area contributed by atoms with E-state index in [2.05, 4.69) is 25.3 Å². The first-order valence-corrected chi connectivity index (χ1v) is 9.60. The van der Waals surface area contributed by atoms with E-state index in [0.717, 1.165) is 24.3 Å². The van der Waals surface area contributed by atoms with Crippen LogP contribution in [0.3, 0.4) is 0 Å². The van der Waals surface area contributed by atoms with Crippen LogP contribution in [0.25, 0.3) is 0 Å². The highest BCUT2D eigenvalue weighted by atomic mass is 32.2. The summed E-state index contributed by atoms with van der Waals surface area (Å²) in [6, 6.07) is 5.02. The molecule has 0 amide bonds. The third kappa shape index (κ3) is 6.07. The fraction of sp³-hybridized carbons (Fsp3) is 0.375. The zero-order valence-electron chi connectivity index (χ0n) is 14.8. The largest absolute Gasteiger partial charge is 0.416 e. The lowest BCUT2D eigenvalue weighted by molar-refractivity contribution is -0.137. The van der Waals surface area contributed by atoms with Crippen LogP contribution in [0.4, 0.5) is 24.8 Å². The summed E-state index contributed by atoms with van der Waals surface area (Å²) in [5, 5.41) is 6.03. The van der Waals surface area contributed by atoms with Crippen LogP contribution in [-0.2, 0) is 16.2 Å². The van der Waals surface area contributed by atoms with Gasteiger partial charge in [-0.3, -0.25) is 0 Å². The van der Waals surface area contributed by atoms with Gasteiger partial charge in [-0.05, 0) is 38.1 Å². The monoisotopic (exact) mass is 403 g/mol. The number of aromatic nitrogens is 2. The van der Waals surface area contributed by atoms with E-state index in [1.165, 1.54) is 0 Å². The number of benzene rings is 1. The molecule has 1 aromatic carbocycles. The van der Waals surface area contributed by atoms with Gasteiger partial charge in [0.05, 0.1) is 10.5 Å². The first kappa shape index (κ1) is 20.9. The molecule has 0 aliphatic rings. The summed E-state index contributed by atoms with van der Waals surface area (Å²) in [6.45, 7) is 4.63. The number of nitrogens with zero attached hydrogens (tertiary/aromatic N) is 2. The second-order valence-corrected chi connectivity index (χ2v) is 7.33. The minimum atomic E-state index is -4.51. The summed E-state index contributed by atoms with van der Waals surface area (Å²) in [6.07, 6.45) is -4.51. The lowest BCUT2D eigenvalue weighted by Gasteiger charge is -2.11. The molecular formula is C16H20F3N5O2S. The molecule has 0 aliphatic carbocycles. The zero-order chi connectivity index (χ0) is 20.1. The Kier molecular flexibility index (Phi) is 6.60. The topological polar surface area (TPSA) is 96.0 Å². The molecule has 1 heterocycles. The maximum Gasteiger partial charge on any atom is 0.416 e. The average Bonchev–Trinajstić information content (AvgIpc) is 2.58. The summed E-state index contributed by atoms with van der Waals surface area (Å²) in [5.41, 5.74) is -0.904. The molecule has 0 bridgehead atoms. The van der Waals surface area contributed by atoms with Crippen molar-refractivity contribution in [2.45, 2.75) is 24.9 Å². The maximum absolute atomic E-state index is 12.5. The van der Waals surface area contributed by atoms with Gasteiger partial charge in [0.1, 0.15) is 17.5 Å². The van der Waals surface area contributed by atoms with Crippen molar-refractivity contribution in [3.8, 4) is 0 Å². The molecule has 0 aliphatic heterocycles. The molecule has 7 nitrogen and oxygen atoms in total. The number of rotatable bonds is 8. The number of hydrogen-bond donors (Lipinski definition) is 3. The quantitative estimate of drug-likeness (QED) is 0.587. The van der Waals surface area contributed by atoms with Crippen molar-refractivity contribution in [2.75, 3.05) is 30.3 Å². The van der Waals surface area contributed by atoms with Gasteiger partial charge >= 0.3 is 6.18 Å². The summed E-state index contributed by atoms with van der Waals surface area (Å²) in [5.74, 6) is 1.74. The van der Waals surface area contributed by atoms with Crippen molar-refractivity contribution in [1.82, 2.24) is 14.7 Å². The number of nitrogens with one attached hydrogen (secondary N) is 3. The van der Waals surface area contributed by atoms with Crippen molar-refractivity contribution in [1.29, 1.82) is 0 Å². The third-order valence-corrected chi connectivity index (χ3v) is 4.89. The number of aryl methyl sites for hydroxylation is 1. The van der Waals surface area contributed by atoms with Gasteiger partial charge in [0, 0.05) is 25.7 Å². The SMILES string of the molecule is CCNc1cc(NCCNS(=O)(=O)c2ccc(C(F)(F)F)cc2)nc(C)n1. The Balaban J connectivity index is 1.92. The second kappa shape index (κ2) is 8.53. The number of halogens is 3. The average molecular weight is 403 g/mol. The molecule has 148 valence electrons. The van der Waals surface area contributed by atoms with Crippen molar-refractivity contribution < 1.29 is 21.6 Å². The van der Waals surface area contributed by atoms with Gasteiger partial charge in [0.2, 0.25) is 10.0 Å². The molecule has 0 saturated heterocycles. The predicted octanol–water partition coefficient (Wildman–Crippen LogP) is 2.63. The van der Waals surface area contributed by atoms with Gasteiger partial charge in [0.25, 0.3) is 0 Å². The molecule has 0 atom stereocenters. The van der Waals surface area contributed by atoms with Crippen LogP contribution in [0.15, 0.2) is 35.2 Å². The zero-order valence-corrected chi connectivity index (χ0v) is 15.6. The Morgan fingerprint density at radius 3 is 2.15 bits per heavy atom. The number of sulfonamides is 1. The highest BCUT2D eigenvalue weighted by Crippen LogP contribution is 2.29. The number of alkyl halides is 3. The molecule has 0 radical (unpaired) electrons. The van der Waals surface area contributed by atoms with E-state index < -0.39 is 21.8 Å². The van der Waals surface area contributed by atoms with E-state index in [-0.39, 0.29) is 18.0 Å². The minimum Gasteiger partial charge on any atom is -0.370 e. The third-order valence-electron chi connectivity index (χ3n) is 3.41. The molecule has 0 saturated carbocycles. The lowest BCUT2D eigenvalue weighted by Crippen LogP contribution is -2.29. The summed E-state index contributed by atoms with van der Waals surface area (Å²) in [4.78, 5) is 8.16. The van der Waals surface area contributed by atoms with Gasteiger partial charge in [-0.15, -0.1) is 0 Å². The smallest absolute Gasteiger partial charge is 0.370 e. The Hall–Kier alpha value is -2.40. The van der Waals surface area contributed by atoms with Crippen LogP contribution < -0.4 is 15.4 Å². The van der Waals surface area contributed by atoms with Gasteiger partial charge in [-0.1, -0.05) is 0 Å². The number of anilines is 2. The van der Waals surface area contributed by atoms with Crippen LogP contribution in [0.5, 0.6) is 0 Å². The fourth-order valence-electron chi connectivity index (χ4n) is 2.21. The van der Waals surface area contributed by atoms with E-state index >= 15 is 0 Å². The maximum atomic E-state index is 12.5. The van der Waals surface area contributed by atoms with Gasteiger partial charge < -0.3 is 10.6 Å². The van der Waals surface area contributed by atoms with Gasteiger partial charge in [-0.25, -0.2) is 23.1 Å². The van der Waals surface area contributed by atoms with Crippen LogP contribution in [-0.4, -0.2) is 38.0 Å². The van der Waals surface area contributed by atoms with Crippen LogP contribution in [0.2, 0.25) is 0 Å². The van der Waals surface area contributed by atoms with Crippen molar-refractivity contribution in [3.05, 3.63) is 41.7 Å². The van der Waals surface area contributed by atoms with E-state index in [1.54, 1.807) is 13.0 Å². The van der Waals surface area contributed by atoms with Crippen molar-refractivity contribution >= 4 is 21.7 Å². The molecule has 27 heavy (non-hydrogen) atoms. The van der Waals surface area contributed by atoms with Crippen molar-refractivity contribution in [2.24, 2.45) is 0 Å². The second-order valence-electron chi connectivity index (χ2n) is 5.56. The van der Waals surface area contributed by atoms with Crippen LogP contribution in [0, 0.1) is 6.92 Å². The van der Waals surface area contributed by atoms with E-state index in [4.69, 9.17) is 0 Å². The van der Waals surface area contributed by atoms with Crippen LogP contribution >= 0.6 is 0 Å². The van der Waals surface area contributed by atoms with E-state index in [9.17, 15) is 21.6 Å². The van der Waals surface area contributed by atoms with Crippen LogP contribution in [0.1, 0.15) is 18.3 Å². The highest BCUT2D eigenvalue weighted by molar-refractivity contribution is 7.89. The fourth-order valence-corrected chi connectivity index (χ4v) is 3.24. The first-order valence-electron chi connectivity index (χ1n) is 8.12.